The van der Waals surface area contributed by atoms with Crippen LogP contribution in [0.15, 0.2) is 30.8 Å². The van der Waals surface area contributed by atoms with E-state index in [1.165, 1.54) is 18.5 Å². The zero-order valence-electron chi connectivity index (χ0n) is 11.7. The number of anilines is 1. The minimum absolute atomic E-state index is 0.121. The Balaban J connectivity index is 2.82. The zero-order chi connectivity index (χ0) is 13.4. The summed E-state index contributed by atoms with van der Waals surface area (Å²) >= 11 is 0. The van der Waals surface area contributed by atoms with E-state index >= 15 is 0 Å². The van der Waals surface area contributed by atoms with Gasteiger partial charge in [0.25, 0.3) is 0 Å². The highest BCUT2D eigenvalue weighted by Crippen LogP contribution is 2.19. The fraction of sp³-hybridized carbons (Fsp3) is 0.500. The van der Waals surface area contributed by atoms with Crippen molar-refractivity contribution in [1.82, 2.24) is 0 Å². The van der Waals surface area contributed by atoms with Gasteiger partial charge in [0.1, 0.15) is 0 Å². The van der Waals surface area contributed by atoms with E-state index in [0.29, 0.717) is 0 Å². The summed E-state index contributed by atoms with van der Waals surface area (Å²) in [6, 6.07) is 8.48. The molecule has 1 aromatic rings. The van der Waals surface area contributed by atoms with Gasteiger partial charge in [-0.15, -0.1) is 0 Å². The standard InChI is InChI=1S/C16H26N2/c1-4-7-13-18(16(17)8-5-2)15-11-9-14(6-3)10-12-15/h6,9-12,16H,3-5,7-8,13,17H2,1-2H3. The summed E-state index contributed by atoms with van der Waals surface area (Å²) in [5, 5.41) is 0. The number of benzene rings is 1. The van der Waals surface area contributed by atoms with E-state index in [1.807, 2.05) is 6.08 Å². The molecule has 2 N–H and O–H groups in total. The Morgan fingerprint density at radius 1 is 1.22 bits per heavy atom. The second-order valence-electron chi connectivity index (χ2n) is 4.70. The molecule has 0 aliphatic rings. The molecule has 0 aromatic heterocycles. The molecule has 0 aliphatic carbocycles. The summed E-state index contributed by atoms with van der Waals surface area (Å²) in [6.45, 7) is 9.21. The lowest BCUT2D eigenvalue weighted by molar-refractivity contribution is 0.547. The van der Waals surface area contributed by atoms with Crippen molar-refractivity contribution in [2.75, 3.05) is 11.4 Å². The molecule has 1 unspecified atom stereocenters. The van der Waals surface area contributed by atoms with E-state index in [4.69, 9.17) is 5.73 Å². The highest BCUT2D eigenvalue weighted by atomic mass is 15.2. The molecule has 1 atom stereocenters. The highest BCUT2D eigenvalue weighted by molar-refractivity contribution is 5.55. The van der Waals surface area contributed by atoms with Crippen molar-refractivity contribution >= 4 is 11.8 Å². The highest BCUT2D eigenvalue weighted by Gasteiger charge is 2.13. The molecule has 0 spiro atoms. The molecular weight excluding hydrogens is 220 g/mol. The maximum absolute atomic E-state index is 6.28. The number of hydrogen-bond acceptors (Lipinski definition) is 2. The van der Waals surface area contributed by atoms with Crippen molar-refractivity contribution in [3.05, 3.63) is 36.4 Å². The predicted octanol–water partition coefficient (Wildman–Crippen LogP) is 4.02. The molecule has 1 rings (SSSR count). The second-order valence-corrected chi connectivity index (χ2v) is 4.70. The number of nitrogens with zero attached hydrogens (tertiary/aromatic N) is 1. The lowest BCUT2D eigenvalue weighted by Crippen LogP contribution is -2.42. The molecule has 2 heteroatoms. The predicted molar refractivity (Wildman–Crippen MR) is 81.7 cm³/mol. The van der Waals surface area contributed by atoms with Gasteiger partial charge in [0.15, 0.2) is 0 Å². The van der Waals surface area contributed by atoms with Crippen LogP contribution in [0, 0.1) is 0 Å². The monoisotopic (exact) mass is 246 g/mol. The average Bonchev–Trinajstić information content (AvgIpc) is 2.40. The van der Waals surface area contributed by atoms with E-state index < -0.39 is 0 Å². The van der Waals surface area contributed by atoms with E-state index in [1.54, 1.807) is 0 Å². The average molecular weight is 246 g/mol. The maximum atomic E-state index is 6.28. The van der Waals surface area contributed by atoms with Crippen LogP contribution in [0.2, 0.25) is 0 Å². The van der Waals surface area contributed by atoms with Crippen molar-refractivity contribution in [2.45, 2.75) is 45.7 Å². The Hall–Kier alpha value is -1.28. The maximum Gasteiger partial charge on any atom is 0.0770 e. The largest absolute Gasteiger partial charge is 0.356 e. The molecule has 0 saturated heterocycles. The van der Waals surface area contributed by atoms with Gasteiger partial charge < -0.3 is 10.6 Å². The van der Waals surface area contributed by atoms with Gasteiger partial charge in [0.2, 0.25) is 0 Å². The van der Waals surface area contributed by atoms with Crippen LogP contribution in [-0.2, 0) is 0 Å². The number of unbranched alkanes of at least 4 members (excludes halogenated alkanes) is 1. The summed E-state index contributed by atoms with van der Waals surface area (Å²) < 4.78 is 0. The third kappa shape index (κ3) is 4.19. The Morgan fingerprint density at radius 2 is 1.89 bits per heavy atom. The molecule has 0 aliphatic heterocycles. The van der Waals surface area contributed by atoms with E-state index in [0.717, 1.165) is 24.9 Å². The van der Waals surface area contributed by atoms with Crippen molar-refractivity contribution in [2.24, 2.45) is 5.73 Å². The first-order valence-electron chi connectivity index (χ1n) is 6.97. The summed E-state index contributed by atoms with van der Waals surface area (Å²) in [6.07, 6.45) is 6.52. The molecule has 100 valence electrons. The molecule has 1 aromatic carbocycles. The summed E-state index contributed by atoms with van der Waals surface area (Å²) in [5.41, 5.74) is 8.65. The van der Waals surface area contributed by atoms with Gasteiger partial charge in [-0.1, -0.05) is 51.5 Å². The second kappa shape index (κ2) is 7.93. The van der Waals surface area contributed by atoms with Crippen molar-refractivity contribution in [3.8, 4) is 0 Å². The molecular formula is C16H26N2. The van der Waals surface area contributed by atoms with Crippen LogP contribution in [0.1, 0.15) is 45.1 Å². The number of hydrogen-bond donors (Lipinski definition) is 1. The van der Waals surface area contributed by atoms with Gasteiger partial charge in [-0.2, -0.15) is 0 Å². The van der Waals surface area contributed by atoms with Crippen LogP contribution in [0.4, 0.5) is 5.69 Å². The molecule has 18 heavy (non-hydrogen) atoms. The fourth-order valence-corrected chi connectivity index (χ4v) is 2.07. The Morgan fingerprint density at radius 3 is 2.39 bits per heavy atom. The van der Waals surface area contributed by atoms with Gasteiger partial charge in [-0.25, -0.2) is 0 Å². The fourth-order valence-electron chi connectivity index (χ4n) is 2.07. The minimum Gasteiger partial charge on any atom is -0.356 e. The Bertz CT molecular complexity index is 343. The van der Waals surface area contributed by atoms with Crippen LogP contribution in [0.25, 0.3) is 6.08 Å². The first-order valence-corrected chi connectivity index (χ1v) is 6.97. The van der Waals surface area contributed by atoms with E-state index in [9.17, 15) is 0 Å². The Labute approximate surface area is 111 Å². The molecule has 2 nitrogen and oxygen atoms in total. The number of rotatable bonds is 8. The van der Waals surface area contributed by atoms with Crippen molar-refractivity contribution in [3.63, 3.8) is 0 Å². The molecule has 0 amide bonds. The number of nitrogens with two attached hydrogens (primary N) is 1. The van der Waals surface area contributed by atoms with Gasteiger partial charge >= 0.3 is 0 Å². The topological polar surface area (TPSA) is 29.3 Å². The first kappa shape index (κ1) is 14.8. The van der Waals surface area contributed by atoms with Crippen LogP contribution in [0.3, 0.4) is 0 Å². The van der Waals surface area contributed by atoms with Crippen LogP contribution < -0.4 is 10.6 Å². The molecule has 0 radical (unpaired) electrons. The van der Waals surface area contributed by atoms with Crippen LogP contribution >= 0.6 is 0 Å². The molecule has 0 bridgehead atoms. The van der Waals surface area contributed by atoms with Gasteiger partial charge in [-0.05, 0) is 30.5 Å². The summed E-state index contributed by atoms with van der Waals surface area (Å²) in [5.74, 6) is 0. The van der Waals surface area contributed by atoms with E-state index in [-0.39, 0.29) is 6.17 Å². The van der Waals surface area contributed by atoms with Gasteiger partial charge in [-0.3, -0.25) is 0 Å². The first-order chi connectivity index (χ1) is 8.72. The van der Waals surface area contributed by atoms with Crippen molar-refractivity contribution in [1.29, 1.82) is 0 Å². The lowest BCUT2D eigenvalue weighted by atomic mass is 10.1. The van der Waals surface area contributed by atoms with Crippen molar-refractivity contribution < 1.29 is 0 Å². The van der Waals surface area contributed by atoms with Crippen LogP contribution in [0.5, 0.6) is 0 Å². The third-order valence-corrected chi connectivity index (χ3v) is 3.20. The zero-order valence-corrected chi connectivity index (χ0v) is 11.7. The Kier molecular flexibility index (Phi) is 6.51. The van der Waals surface area contributed by atoms with E-state index in [2.05, 4.69) is 49.6 Å². The molecule has 0 heterocycles. The van der Waals surface area contributed by atoms with Gasteiger partial charge in [0.05, 0.1) is 6.17 Å². The minimum atomic E-state index is 0.121. The molecule has 0 fully saturated rings. The summed E-state index contributed by atoms with van der Waals surface area (Å²) in [7, 11) is 0. The summed E-state index contributed by atoms with van der Waals surface area (Å²) in [4.78, 5) is 2.32. The smallest absolute Gasteiger partial charge is 0.0770 e. The SMILES string of the molecule is C=Cc1ccc(N(CCCC)C(N)CCC)cc1. The third-order valence-electron chi connectivity index (χ3n) is 3.20. The normalized spacial score (nSPS) is 12.2. The lowest BCUT2D eigenvalue weighted by Gasteiger charge is -2.31. The molecule has 0 saturated carbocycles. The quantitative estimate of drug-likeness (QED) is 0.702. The van der Waals surface area contributed by atoms with Crippen LogP contribution in [-0.4, -0.2) is 12.7 Å². The van der Waals surface area contributed by atoms with Gasteiger partial charge in [0, 0.05) is 12.2 Å².